The minimum atomic E-state index is -0.313. The van der Waals surface area contributed by atoms with E-state index in [1.54, 1.807) is 12.1 Å². The summed E-state index contributed by atoms with van der Waals surface area (Å²) in [5.41, 5.74) is 2.49. The largest absolute Gasteiger partial charge is 0.496 e. The monoisotopic (exact) mass is 483 g/mol. The number of ether oxygens (including phenoxy) is 2. The van der Waals surface area contributed by atoms with Crippen molar-refractivity contribution in [3.05, 3.63) is 64.7 Å². The molecule has 2 atom stereocenters. The lowest BCUT2D eigenvalue weighted by Crippen LogP contribution is -2.44. The molecule has 1 amide bonds. The molecular formula is C26H30ClN3O4. The van der Waals surface area contributed by atoms with Gasteiger partial charge >= 0.3 is 5.97 Å². The average Bonchev–Trinajstić information content (AvgIpc) is 3.30. The third-order valence-corrected chi connectivity index (χ3v) is 6.68. The van der Waals surface area contributed by atoms with E-state index >= 15 is 0 Å². The lowest BCUT2D eigenvalue weighted by atomic mass is 9.97. The summed E-state index contributed by atoms with van der Waals surface area (Å²) < 4.78 is 10.7. The Morgan fingerprint density at radius 3 is 2.68 bits per heavy atom. The predicted molar refractivity (Wildman–Crippen MR) is 131 cm³/mol. The molecule has 0 bridgehead atoms. The number of hydrogen-bond acceptors (Lipinski definition) is 6. The maximum atomic E-state index is 13.5. The zero-order valence-electron chi connectivity index (χ0n) is 19.6. The SMILES string of the molecule is CCOC(=O)C1CCCN(CC(=O)N2N=C(c3ccccc3OC)CC2c2ccccc2Cl)C1. The number of carbonyl (C=O) groups excluding carboxylic acids is 2. The summed E-state index contributed by atoms with van der Waals surface area (Å²) in [7, 11) is 1.62. The number of hydrogen-bond donors (Lipinski definition) is 0. The van der Waals surface area contributed by atoms with Crippen molar-refractivity contribution in [1.29, 1.82) is 0 Å². The average molecular weight is 484 g/mol. The number of carbonyl (C=O) groups is 2. The van der Waals surface area contributed by atoms with Gasteiger partial charge in [-0.2, -0.15) is 5.10 Å². The zero-order chi connectivity index (χ0) is 24.1. The lowest BCUT2D eigenvalue weighted by Gasteiger charge is -2.32. The first-order valence-electron chi connectivity index (χ1n) is 11.7. The Morgan fingerprint density at radius 1 is 1.15 bits per heavy atom. The number of amides is 1. The van der Waals surface area contributed by atoms with E-state index in [0.29, 0.717) is 30.3 Å². The number of hydrazone groups is 1. The summed E-state index contributed by atoms with van der Waals surface area (Å²) in [4.78, 5) is 27.8. The minimum absolute atomic E-state index is 0.126. The zero-order valence-corrected chi connectivity index (χ0v) is 20.3. The lowest BCUT2D eigenvalue weighted by molar-refractivity contribution is -0.150. The van der Waals surface area contributed by atoms with Crippen LogP contribution in [0.4, 0.5) is 0 Å². The van der Waals surface area contributed by atoms with E-state index in [2.05, 4.69) is 0 Å². The highest BCUT2D eigenvalue weighted by Gasteiger charge is 2.36. The molecule has 2 aliphatic heterocycles. The summed E-state index contributed by atoms with van der Waals surface area (Å²) in [6, 6.07) is 14.9. The Bertz CT molecular complexity index is 1070. The maximum absolute atomic E-state index is 13.5. The van der Waals surface area contributed by atoms with Crippen LogP contribution in [-0.4, -0.2) is 60.8 Å². The van der Waals surface area contributed by atoms with Crippen LogP contribution in [0.1, 0.15) is 43.4 Å². The third-order valence-electron chi connectivity index (χ3n) is 6.33. The quantitative estimate of drug-likeness (QED) is 0.549. The maximum Gasteiger partial charge on any atom is 0.310 e. The molecule has 1 saturated heterocycles. The van der Waals surface area contributed by atoms with Gasteiger partial charge < -0.3 is 9.47 Å². The molecule has 8 heteroatoms. The molecule has 0 spiro atoms. The van der Waals surface area contributed by atoms with Crippen molar-refractivity contribution in [3.63, 3.8) is 0 Å². The number of rotatable bonds is 7. The van der Waals surface area contributed by atoms with E-state index in [1.807, 2.05) is 60.4 Å². The van der Waals surface area contributed by atoms with Crippen molar-refractivity contribution < 1.29 is 19.1 Å². The normalized spacial score (nSPS) is 20.7. The van der Waals surface area contributed by atoms with Crippen LogP contribution in [0, 0.1) is 5.92 Å². The van der Waals surface area contributed by atoms with E-state index < -0.39 is 0 Å². The molecule has 0 aromatic heterocycles. The highest BCUT2D eigenvalue weighted by atomic mass is 35.5. The molecule has 34 heavy (non-hydrogen) atoms. The van der Waals surface area contributed by atoms with Crippen LogP contribution in [0.25, 0.3) is 0 Å². The van der Waals surface area contributed by atoms with Crippen molar-refractivity contribution in [1.82, 2.24) is 9.91 Å². The van der Waals surface area contributed by atoms with Gasteiger partial charge in [-0.25, -0.2) is 5.01 Å². The Kier molecular flexibility index (Phi) is 7.85. The molecule has 2 aromatic rings. The van der Waals surface area contributed by atoms with E-state index in [0.717, 1.165) is 36.2 Å². The molecular weight excluding hydrogens is 454 g/mol. The number of benzene rings is 2. The summed E-state index contributed by atoms with van der Waals surface area (Å²) in [5, 5.41) is 6.91. The molecule has 2 heterocycles. The molecule has 0 saturated carbocycles. The van der Waals surface area contributed by atoms with Crippen LogP contribution >= 0.6 is 11.6 Å². The predicted octanol–water partition coefficient (Wildman–Crippen LogP) is 4.30. The number of methoxy groups -OCH3 is 1. The molecule has 0 aliphatic carbocycles. The third kappa shape index (κ3) is 5.26. The van der Waals surface area contributed by atoms with Crippen molar-refractivity contribution in [2.24, 2.45) is 11.0 Å². The first-order chi connectivity index (χ1) is 16.5. The topological polar surface area (TPSA) is 71.4 Å². The van der Waals surface area contributed by atoms with Gasteiger partial charge in [0.15, 0.2) is 0 Å². The van der Waals surface area contributed by atoms with E-state index in [1.165, 1.54) is 0 Å². The van der Waals surface area contributed by atoms with E-state index in [4.69, 9.17) is 26.2 Å². The fourth-order valence-electron chi connectivity index (χ4n) is 4.69. The first kappa shape index (κ1) is 24.2. The van der Waals surface area contributed by atoms with Gasteiger partial charge in [0.05, 0.1) is 37.9 Å². The smallest absolute Gasteiger partial charge is 0.310 e. The van der Waals surface area contributed by atoms with Crippen LogP contribution in [0.3, 0.4) is 0 Å². The van der Waals surface area contributed by atoms with Crippen LogP contribution < -0.4 is 4.74 Å². The second kappa shape index (κ2) is 11.0. The standard InChI is InChI=1S/C26H30ClN3O4/c1-3-34-26(32)18-9-8-14-29(16-18)17-25(31)30-23(19-10-4-6-12-21(19)27)15-22(28-30)20-11-5-7-13-24(20)33-2/h4-7,10-13,18,23H,3,8-9,14-17H2,1-2H3. The number of nitrogens with zero attached hydrogens (tertiary/aromatic N) is 3. The molecule has 0 N–H and O–H groups in total. The molecule has 4 rings (SSSR count). The molecule has 2 unspecified atom stereocenters. The number of halogens is 1. The van der Waals surface area contributed by atoms with Gasteiger partial charge in [-0.05, 0) is 50.1 Å². The fourth-order valence-corrected chi connectivity index (χ4v) is 4.95. The van der Waals surface area contributed by atoms with Crippen molar-refractivity contribution in [3.8, 4) is 5.75 Å². The van der Waals surface area contributed by atoms with Gasteiger partial charge in [0.1, 0.15) is 5.75 Å². The number of likely N-dealkylation sites (tertiary alicyclic amines) is 1. The fraction of sp³-hybridized carbons (Fsp3) is 0.423. The highest BCUT2D eigenvalue weighted by molar-refractivity contribution is 6.31. The summed E-state index contributed by atoms with van der Waals surface area (Å²) in [6.45, 7) is 3.62. The van der Waals surface area contributed by atoms with Crippen molar-refractivity contribution >= 4 is 29.2 Å². The summed E-state index contributed by atoms with van der Waals surface area (Å²) in [5.74, 6) is 0.194. The van der Waals surface area contributed by atoms with Gasteiger partial charge in [0.25, 0.3) is 5.91 Å². The van der Waals surface area contributed by atoms with Gasteiger partial charge in [-0.3, -0.25) is 14.5 Å². The Morgan fingerprint density at radius 2 is 1.91 bits per heavy atom. The Labute approximate surface area is 205 Å². The second-order valence-electron chi connectivity index (χ2n) is 8.55. The molecule has 0 radical (unpaired) electrons. The molecule has 1 fully saturated rings. The van der Waals surface area contributed by atoms with Crippen molar-refractivity contribution in [2.45, 2.75) is 32.2 Å². The summed E-state index contributed by atoms with van der Waals surface area (Å²) in [6.07, 6.45) is 2.16. The Hall–Kier alpha value is -2.90. The number of para-hydroxylation sites is 1. The van der Waals surface area contributed by atoms with E-state index in [9.17, 15) is 9.59 Å². The van der Waals surface area contributed by atoms with Crippen LogP contribution in [0.5, 0.6) is 5.75 Å². The van der Waals surface area contributed by atoms with Gasteiger partial charge in [0.2, 0.25) is 0 Å². The molecule has 7 nitrogen and oxygen atoms in total. The highest BCUT2D eigenvalue weighted by Crippen LogP contribution is 2.38. The first-order valence-corrected chi connectivity index (χ1v) is 12.1. The minimum Gasteiger partial charge on any atom is -0.496 e. The Balaban J connectivity index is 1.58. The molecule has 2 aromatic carbocycles. The van der Waals surface area contributed by atoms with Gasteiger partial charge in [0, 0.05) is 23.6 Å². The summed E-state index contributed by atoms with van der Waals surface area (Å²) >= 11 is 6.53. The van der Waals surface area contributed by atoms with Crippen LogP contribution in [0.15, 0.2) is 53.6 Å². The molecule has 2 aliphatic rings. The number of esters is 1. The molecule has 180 valence electrons. The van der Waals surface area contributed by atoms with E-state index in [-0.39, 0.29) is 30.4 Å². The van der Waals surface area contributed by atoms with Crippen molar-refractivity contribution in [2.75, 3.05) is 33.4 Å². The van der Waals surface area contributed by atoms with Gasteiger partial charge in [-0.1, -0.05) is 41.9 Å². The van der Waals surface area contributed by atoms with Crippen LogP contribution in [0.2, 0.25) is 5.02 Å². The second-order valence-corrected chi connectivity index (χ2v) is 8.96. The number of piperidine rings is 1. The van der Waals surface area contributed by atoms with Crippen LogP contribution in [-0.2, 0) is 14.3 Å². The van der Waals surface area contributed by atoms with Gasteiger partial charge in [-0.15, -0.1) is 0 Å².